The van der Waals surface area contributed by atoms with Gasteiger partial charge in [0.1, 0.15) is 5.52 Å². The fourth-order valence-electron chi connectivity index (χ4n) is 1.73. The minimum atomic E-state index is -4.72. The van der Waals surface area contributed by atoms with E-state index in [4.69, 9.17) is 0 Å². The lowest BCUT2D eigenvalue weighted by Gasteiger charge is -2.07. The maximum atomic E-state index is 12.5. The molecule has 5 nitrogen and oxygen atoms in total. The Balaban J connectivity index is 2.19. The zero-order valence-electron chi connectivity index (χ0n) is 11.2. The van der Waals surface area contributed by atoms with E-state index in [2.05, 4.69) is 14.1 Å². The van der Waals surface area contributed by atoms with Crippen LogP contribution in [0.25, 0.3) is 11.1 Å². The minimum Gasteiger partial charge on any atom is -0.433 e. The van der Waals surface area contributed by atoms with Gasteiger partial charge in [-0.2, -0.15) is 13.2 Å². The van der Waals surface area contributed by atoms with Gasteiger partial charge >= 0.3 is 12.1 Å². The van der Waals surface area contributed by atoms with E-state index in [1.807, 2.05) is 0 Å². The number of nitrogens with one attached hydrogen (secondary N) is 1. The van der Waals surface area contributed by atoms with Crippen molar-refractivity contribution in [3.8, 4) is 0 Å². The SMILES string of the molecule is O=S(=O)(CCCCF)Nc1ccc2oc(C(F)(F)F)nc2c1. The van der Waals surface area contributed by atoms with Crippen LogP contribution < -0.4 is 4.72 Å². The fraction of sp³-hybridized carbons (Fsp3) is 0.417. The van der Waals surface area contributed by atoms with Crippen LogP contribution in [0, 0.1) is 0 Å². The second-order valence-electron chi connectivity index (χ2n) is 4.52. The molecule has 122 valence electrons. The van der Waals surface area contributed by atoms with Gasteiger partial charge in [-0.3, -0.25) is 9.11 Å². The van der Waals surface area contributed by atoms with Crippen molar-refractivity contribution in [2.75, 3.05) is 17.1 Å². The van der Waals surface area contributed by atoms with Crippen LogP contribution in [0.1, 0.15) is 18.7 Å². The highest BCUT2D eigenvalue weighted by atomic mass is 32.2. The van der Waals surface area contributed by atoms with Gasteiger partial charge in [0.2, 0.25) is 10.0 Å². The predicted octanol–water partition coefficient (Wildman–Crippen LogP) is 3.34. The Morgan fingerprint density at radius 3 is 2.59 bits per heavy atom. The fourth-order valence-corrected chi connectivity index (χ4v) is 2.90. The normalized spacial score (nSPS) is 12.7. The molecule has 10 heteroatoms. The molecular weight excluding hydrogens is 328 g/mol. The number of rotatable bonds is 6. The molecule has 0 aliphatic heterocycles. The number of alkyl halides is 4. The zero-order valence-corrected chi connectivity index (χ0v) is 12.0. The van der Waals surface area contributed by atoms with Crippen LogP contribution in [0.15, 0.2) is 22.6 Å². The summed E-state index contributed by atoms with van der Waals surface area (Å²) in [5.74, 6) is -1.67. The molecule has 0 aliphatic rings. The van der Waals surface area contributed by atoms with Gasteiger partial charge in [-0.25, -0.2) is 13.4 Å². The summed E-state index contributed by atoms with van der Waals surface area (Å²) in [5.41, 5.74) is -0.154. The lowest BCUT2D eigenvalue weighted by Crippen LogP contribution is -2.16. The molecule has 0 bridgehead atoms. The van der Waals surface area contributed by atoms with Gasteiger partial charge in [0.05, 0.1) is 18.1 Å². The average Bonchev–Trinajstić information content (AvgIpc) is 2.81. The van der Waals surface area contributed by atoms with E-state index in [0.29, 0.717) is 0 Å². The Kier molecular flexibility index (Phi) is 4.59. The summed E-state index contributed by atoms with van der Waals surface area (Å²) in [6, 6.07) is 3.60. The van der Waals surface area contributed by atoms with Crippen LogP contribution in [-0.2, 0) is 16.2 Å². The van der Waals surface area contributed by atoms with Crippen LogP contribution in [0.5, 0.6) is 0 Å². The predicted molar refractivity (Wildman–Crippen MR) is 71.6 cm³/mol. The lowest BCUT2D eigenvalue weighted by atomic mass is 10.3. The highest BCUT2D eigenvalue weighted by Crippen LogP contribution is 2.31. The van der Waals surface area contributed by atoms with Crippen LogP contribution in [0.2, 0.25) is 0 Å². The zero-order chi connectivity index (χ0) is 16.4. The lowest BCUT2D eigenvalue weighted by molar-refractivity contribution is -0.156. The number of hydrogen-bond donors (Lipinski definition) is 1. The van der Waals surface area contributed by atoms with Crippen molar-refractivity contribution in [3.05, 3.63) is 24.1 Å². The highest BCUT2D eigenvalue weighted by molar-refractivity contribution is 7.92. The molecule has 1 aromatic heterocycles. The molecule has 0 saturated heterocycles. The smallest absolute Gasteiger partial charge is 0.433 e. The Bertz CT molecular complexity index is 755. The summed E-state index contributed by atoms with van der Waals surface area (Å²) in [6.45, 7) is -0.610. The van der Waals surface area contributed by atoms with Gasteiger partial charge in [0.25, 0.3) is 0 Å². The van der Waals surface area contributed by atoms with Gasteiger partial charge in [-0.15, -0.1) is 0 Å². The van der Waals surface area contributed by atoms with Gasteiger partial charge in [0.15, 0.2) is 5.58 Å². The number of hydrogen-bond acceptors (Lipinski definition) is 4. The summed E-state index contributed by atoms with van der Waals surface area (Å²) in [4.78, 5) is 3.27. The van der Waals surface area contributed by atoms with Gasteiger partial charge < -0.3 is 4.42 Å². The molecule has 0 saturated carbocycles. The average molecular weight is 340 g/mol. The van der Waals surface area contributed by atoms with Crippen LogP contribution >= 0.6 is 0 Å². The number of fused-ring (bicyclic) bond motifs is 1. The number of anilines is 1. The number of unbranched alkanes of at least 4 members (excludes halogenated alkanes) is 1. The first kappa shape index (κ1) is 16.5. The molecule has 0 fully saturated rings. The summed E-state index contributed by atoms with van der Waals surface area (Å²) >= 11 is 0. The third-order valence-corrected chi connectivity index (χ3v) is 4.07. The van der Waals surface area contributed by atoms with Crippen LogP contribution in [0.4, 0.5) is 23.2 Å². The van der Waals surface area contributed by atoms with Crippen molar-refractivity contribution in [3.63, 3.8) is 0 Å². The summed E-state index contributed by atoms with van der Waals surface area (Å²) in [5, 5.41) is 0. The first-order valence-electron chi connectivity index (χ1n) is 6.25. The number of oxazole rings is 1. The van der Waals surface area contributed by atoms with E-state index < -0.39 is 28.8 Å². The van der Waals surface area contributed by atoms with Crippen molar-refractivity contribution in [2.24, 2.45) is 0 Å². The van der Waals surface area contributed by atoms with Gasteiger partial charge in [-0.1, -0.05) is 0 Å². The quantitative estimate of drug-likeness (QED) is 0.647. The largest absolute Gasteiger partial charge is 0.468 e. The number of halogens is 4. The van der Waals surface area contributed by atoms with E-state index in [1.54, 1.807) is 0 Å². The van der Waals surface area contributed by atoms with Crippen LogP contribution in [0.3, 0.4) is 0 Å². The summed E-state index contributed by atoms with van der Waals surface area (Å²) in [6.07, 6.45) is -4.44. The molecule has 1 N–H and O–H groups in total. The first-order chi connectivity index (χ1) is 10.2. The molecule has 0 aliphatic carbocycles. The molecule has 1 heterocycles. The molecule has 0 atom stereocenters. The summed E-state index contributed by atoms with van der Waals surface area (Å²) < 4.78 is 79.5. The first-order valence-corrected chi connectivity index (χ1v) is 7.91. The van der Waals surface area contributed by atoms with Crippen LogP contribution in [-0.4, -0.2) is 25.8 Å². The number of nitrogens with zero attached hydrogens (tertiary/aromatic N) is 1. The van der Waals surface area contributed by atoms with E-state index in [0.717, 1.165) is 6.07 Å². The molecule has 0 radical (unpaired) electrons. The Morgan fingerprint density at radius 2 is 1.95 bits per heavy atom. The second kappa shape index (κ2) is 6.11. The highest BCUT2D eigenvalue weighted by Gasteiger charge is 2.37. The maximum absolute atomic E-state index is 12.5. The Morgan fingerprint density at radius 1 is 1.23 bits per heavy atom. The van der Waals surface area contributed by atoms with Crippen molar-refractivity contribution in [2.45, 2.75) is 19.0 Å². The van der Waals surface area contributed by atoms with Crippen molar-refractivity contribution < 1.29 is 30.4 Å². The molecule has 1 aromatic carbocycles. The standard InChI is InChI=1S/C12H12F4N2O3S/c13-5-1-2-6-22(19,20)18-8-3-4-10-9(7-8)17-11(21-10)12(14,15)16/h3-4,7,18H,1-2,5-6H2. The number of benzene rings is 1. The molecule has 2 rings (SSSR count). The van der Waals surface area contributed by atoms with E-state index in [-0.39, 0.29) is 35.4 Å². The van der Waals surface area contributed by atoms with E-state index >= 15 is 0 Å². The molecule has 0 amide bonds. The number of sulfonamides is 1. The van der Waals surface area contributed by atoms with Gasteiger partial charge in [0, 0.05) is 0 Å². The third kappa shape index (κ3) is 4.09. The Hall–Kier alpha value is -1.84. The van der Waals surface area contributed by atoms with Crippen molar-refractivity contribution >= 4 is 26.8 Å². The van der Waals surface area contributed by atoms with Crippen molar-refractivity contribution in [1.82, 2.24) is 4.98 Å². The third-order valence-electron chi connectivity index (χ3n) is 2.70. The van der Waals surface area contributed by atoms with Gasteiger partial charge in [-0.05, 0) is 31.0 Å². The molecular formula is C12H12F4N2O3S. The second-order valence-corrected chi connectivity index (χ2v) is 6.36. The van der Waals surface area contributed by atoms with E-state index in [1.165, 1.54) is 12.1 Å². The molecule has 2 aromatic rings. The Labute approximate surface area is 123 Å². The van der Waals surface area contributed by atoms with E-state index in [9.17, 15) is 26.0 Å². The molecule has 22 heavy (non-hydrogen) atoms. The van der Waals surface area contributed by atoms with Crippen molar-refractivity contribution in [1.29, 1.82) is 0 Å². The molecule has 0 spiro atoms. The summed E-state index contributed by atoms with van der Waals surface area (Å²) in [7, 11) is -3.69. The maximum Gasteiger partial charge on any atom is 0.468 e. The topological polar surface area (TPSA) is 72.2 Å². The monoisotopic (exact) mass is 340 g/mol. The minimum absolute atomic E-state index is 0.0646. The molecule has 0 unspecified atom stereocenters. The number of aromatic nitrogens is 1.